The van der Waals surface area contributed by atoms with Gasteiger partial charge in [-0.15, -0.1) is 0 Å². The standard InChI is InChI=1S/C14H20N2O/c15-14(17)13-9-5-4-6-11(13)10-16-12-7-2-1-3-8-12/h4-6,9,12,16H,1-3,7-8,10H2,(H2,15,17). The van der Waals surface area contributed by atoms with E-state index in [1.165, 1.54) is 32.1 Å². The average molecular weight is 232 g/mol. The SMILES string of the molecule is NC(=O)c1ccccc1CNC1CCCCC1. The number of nitrogens with two attached hydrogens (primary N) is 1. The maximum atomic E-state index is 11.3. The van der Waals surface area contributed by atoms with Gasteiger partial charge in [-0.3, -0.25) is 4.79 Å². The first kappa shape index (κ1) is 12.1. The van der Waals surface area contributed by atoms with E-state index in [0.29, 0.717) is 11.6 Å². The van der Waals surface area contributed by atoms with Crippen LogP contribution in [0.5, 0.6) is 0 Å². The maximum Gasteiger partial charge on any atom is 0.249 e. The lowest BCUT2D eigenvalue weighted by atomic mass is 9.95. The van der Waals surface area contributed by atoms with Crippen molar-refractivity contribution in [2.24, 2.45) is 5.73 Å². The molecule has 3 nitrogen and oxygen atoms in total. The van der Waals surface area contributed by atoms with Gasteiger partial charge in [0.15, 0.2) is 0 Å². The van der Waals surface area contributed by atoms with Crippen LogP contribution in [-0.4, -0.2) is 11.9 Å². The first-order valence-corrected chi connectivity index (χ1v) is 6.38. The summed E-state index contributed by atoms with van der Waals surface area (Å²) in [6.07, 6.45) is 6.48. The second kappa shape index (κ2) is 5.82. The van der Waals surface area contributed by atoms with Crippen molar-refractivity contribution in [3.05, 3.63) is 35.4 Å². The molecule has 2 rings (SSSR count). The molecule has 3 N–H and O–H groups in total. The Kier molecular flexibility index (Phi) is 4.15. The molecule has 0 radical (unpaired) electrons. The molecule has 0 bridgehead atoms. The van der Waals surface area contributed by atoms with Gasteiger partial charge in [-0.25, -0.2) is 0 Å². The second-order valence-electron chi connectivity index (χ2n) is 4.74. The fraction of sp³-hybridized carbons (Fsp3) is 0.500. The molecule has 3 heteroatoms. The number of rotatable bonds is 4. The van der Waals surface area contributed by atoms with Crippen molar-refractivity contribution in [1.29, 1.82) is 0 Å². The number of benzene rings is 1. The highest BCUT2D eigenvalue weighted by Gasteiger charge is 2.13. The van der Waals surface area contributed by atoms with Crippen molar-refractivity contribution >= 4 is 5.91 Å². The Hall–Kier alpha value is -1.35. The van der Waals surface area contributed by atoms with Crippen LogP contribution in [0.1, 0.15) is 48.0 Å². The van der Waals surface area contributed by atoms with Crippen LogP contribution in [-0.2, 0) is 6.54 Å². The molecule has 1 aliphatic carbocycles. The molecule has 1 aromatic carbocycles. The number of primary amides is 1. The number of carbonyl (C=O) groups excluding carboxylic acids is 1. The van der Waals surface area contributed by atoms with Gasteiger partial charge in [-0.05, 0) is 24.5 Å². The first-order chi connectivity index (χ1) is 8.27. The van der Waals surface area contributed by atoms with Gasteiger partial charge in [-0.1, -0.05) is 37.5 Å². The van der Waals surface area contributed by atoms with E-state index in [1.54, 1.807) is 6.07 Å². The highest BCUT2D eigenvalue weighted by Crippen LogP contribution is 2.18. The van der Waals surface area contributed by atoms with Crippen molar-refractivity contribution in [1.82, 2.24) is 5.32 Å². The van der Waals surface area contributed by atoms with Crippen LogP contribution in [0, 0.1) is 0 Å². The monoisotopic (exact) mass is 232 g/mol. The molecule has 17 heavy (non-hydrogen) atoms. The van der Waals surface area contributed by atoms with Crippen LogP contribution >= 0.6 is 0 Å². The molecule has 0 saturated heterocycles. The normalized spacial score (nSPS) is 16.9. The lowest BCUT2D eigenvalue weighted by Gasteiger charge is -2.23. The molecule has 0 spiro atoms. The zero-order valence-electron chi connectivity index (χ0n) is 10.1. The topological polar surface area (TPSA) is 55.1 Å². The van der Waals surface area contributed by atoms with E-state index in [4.69, 9.17) is 5.73 Å². The molecule has 0 aromatic heterocycles. The van der Waals surface area contributed by atoms with Gasteiger partial charge < -0.3 is 11.1 Å². The zero-order chi connectivity index (χ0) is 12.1. The van der Waals surface area contributed by atoms with Crippen LogP contribution in [0.15, 0.2) is 24.3 Å². The Morgan fingerprint density at radius 2 is 1.94 bits per heavy atom. The number of hydrogen-bond donors (Lipinski definition) is 2. The quantitative estimate of drug-likeness (QED) is 0.836. The highest BCUT2D eigenvalue weighted by molar-refractivity contribution is 5.94. The van der Waals surface area contributed by atoms with Gasteiger partial charge in [0.05, 0.1) is 0 Å². The molecule has 1 aliphatic rings. The lowest BCUT2D eigenvalue weighted by molar-refractivity contribution is 0.0999. The van der Waals surface area contributed by atoms with Crippen molar-refractivity contribution in [3.63, 3.8) is 0 Å². The smallest absolute Gasteiger partial charge is 0.249 e. The van der Waals surface area contributed by atoms with Crippen LogP contribution in [0.25, 0.3) is 0 Å². The molecular weight excluding hydrogens is 212 g/mol. The fourth-order valence-corrected chi connectivity index (χ4v) is 2.48. The molecule has 1 saturated carbocycles. The van der Waals surface area contributed by atoms with Crippen LogP contribution in [0.4, 0.5) is 0 Å². The first-order valence-electron chi connectivity index (χ1n) is 6.38. The highest BCUT2D eigenvalue weighted by atomic mass is 16.1. The molecule has 0 unspecified atom stereocenters. The van der Waals surface area contributed by atoms with E-state index in [1.807, 2.05) is 18.2 Å². The van der Waals surface area contributed by atoms with E-state index < -0.39 is 0 Å². The number of carbonyl (C=O) groups is 1. The summed E-state index contributed by atoms with van der Waals surface area (Å²) < 4.78 is 0. The number of nitrogens with one attached hydrogen (secondary N) is 1. The lowest BCUT2D eigenvalue weighted by Crippen LogP contribution is -2.31. The average Bonchev–Trinajstić information content (AvgIpc) is 2.38. The molecule has 0 aliphatic heterocycles. The minimum Gasteiger partial charge on any atom is -0.366 e. The van der Waals surface area contributed by atoms with Gasteiger partial charge in [0.25, 0.3) is 0 Å². The van der Waals surface area contributed by atoms with Gasteiger partial charge >= 0.3 is 0 Å². The van der Waals surface area contributed by atoms with E-state index in [-0.39, 0.29) is 5.91 Å². The Labute approximate surface area is 102 Å². The maximum absolute atomic E-state index is 11.3. The minimum atomic E-state index is -0.342. The Morgan fingerprint density at radius 1 is 1.24 bits per heavy atom. The van der Waals surface area contributed by atoms with Crippen molar-refractivity contribution in [3.8, 4) is 0 Å². The third-order valence-electron chi connectivity index (χ3n) is 3.47. The van der Waals surface area contributed by atoms with Crippen molar-refractivity contribution < 1.29 is 4.79 Å². The summed E-state index contributed by atoms with van der Waals surface area (Å²) in [7, 11) is 0. The van der Waals surface area contributed by atoms with E-state index in [2.05, 4.69) is 5.32 Å². The predicted molar refractivity (Wildman–Crippen MR) is 68.7 cm³/mol. The molecule has 0 heterocycles. The van der Waals surface area contributed by atoms with E-state index in [0.717, 1.165) is 12.1 Å². The van der Waals surface area contributed by atoms with Gasteiger partial charge in [-0.2, -0.15) is 0 Å². The molecule has 1 aromatic rings. The zero-order valence-corrected chi connectivity index (χ0v) is 10.1. The second-order valence-corrected chi connectivity index (χ2v) is 4.74. The largest absolute Gasteiger partial charge is 0.366 e. The van der Waals surface area contributed by atoms with Gasteiger partial charge in [0, 0.05) is 18.2 Å². The summed E-state index contributed by atoms with van der Waals surface area (Å²) in [6, 6.07) is 8.16. The summed E-state index contributed by atoms with van der Waals surface area (Å²) >= 11 is 0. The van der Waals surface area contributed by atoms with Crippen molar-refractivity contribution in [2.45, 2.75) is 44.7 Å². The van der Waals surface area contributed by atoms with E-state index in [9.17, 15) is 4.79 Å². The predicted octanol–water partition coefficient (Wildman–Crippen LogP) is 2.21. The summed E-state index contributed by atoms with van der Waals surface area (Å²) in [5.41, 5.74) is 7.00. The van der Waals surface area contributed by atoms with E-state index >= 15 is 0 Å². The van der Waals surface area contributed by atoms with Crippen LogP contribution in [0.3, 0.4) is 0 Å². The fourth-order valence-electron chi connectivity index (χ4n) is 2.48. The Bertz CT molecular complexity index is 384. The summed E-state index contributed by atoms with van der Waals surface area (Å²) in [4.78, 5) is 11.3. The van der Waals surface area contributed by atoms with Gasteiger partial charge in [0.1, 0.15) is 0 Å². The van der Waals surface area contributed by atoms with Crippen LogP contribution < -0.4 is 11.1 Å². The Morgan fingerprint density at radius 3 is 2.65 bits per heavy atom. The minimum absolute atomic E-state index is 0.342. The Balaban J connectivity index is 1.96. The van der Waals surface area contributed by atoms with Gasteiger partial charge in [0.2, 0.25) is 5.91 Å². The molecule has 92 valence electrons. The third kappa shape index (κ3) is 3.30. The number of amides is 1. The molecule has 1 amide bonds. The summed E-state index contributed by atoms with van der Waals surface area (Å²) in [6.45, 7) is 0.740. The summed E-state index contributed by atoms with van der Waals surface area (Å²) in [5, 5.41) is 3.53. The van der Waals surface area contributed by atoms with Crippen molar-refractivity contribution in [2.75, 3.05) is 0 Å². The van der Waals surface area contributed by atoms with Crippen LogP contribution in [0.2, 0.25) is 0 Å². The molecule has 1 fully saturated rings. The summed E-state index contributed by atoms with van der Waals surface area (Å²) in [5.74, 6) is -0.342. The number of hydrogen-bond acceptors (Lipinski definition) is 2. The molecule has 0 atom stereocenters. The third-order valence-corrected chi connectivity index (χ3v) is 3.47. The molecular formula is C14H20N2O.